The number of nitrogens with one attached hydrogen (secondary N) is 2. The molecule has 0 aliphatic rings. The van der Waals surface area contributed by atoms with E-state index in [1.807, 2.05) is 0 Å². The minimum atomic E-state index is -0.320. The molecule has 0 aliphatic heterocycles. The molecule has 8 heteroatoms. The highest BCUT2D eigenvalue weighted by Crippen LogP contribution is 2.28. The van der Waals surface area contributed by atoms with E-state index in [-0.39, 0.29) is 23.9 Å². The molecule has 2 aromatic carbocycles. The number of methoxy groups -OCH3 is 1. The van der Waals surface area contributed by atoms with Crippen LogP contribution in [-0.4, -0.2) is 23.3 Å². The third kappa shape index (κ3) is 4.94. The van der Waals surface area contributed by atoms with E-state index >= 15 is 0 Å². The first kappa shape index (κ1) is 19.1. The van der Waals surface area contributed by atoms with Crippen molar-refractivity contribution in [2.45, 2.75) is 13.5 Å². The van der Waals surface area contributed by atoms with Gasteiger partial charge in [-0.25, -0.2) is 14.8 Å². The second kappa shape index (κ2) is 8.81. The smallest absolute Gasteiger partial charge is 0.252 e. The number of halogens is 1. The Kier molecular flexibility index (Phi) is 6.01. The minimum Gasteiger partial charge on any atom is -0.493 e. The lowest BCUT2D eigenvalue weighted by Gasteiger charge is -2.11. The van der Waals surface area contributed by atoms with Crippen LogP contribution in [0.15, 0.2) is 58.4 Å². The minimum absolute atomic E-state index is 0.0877. The van der Waals surface area contributed by atoms with Crippen LogP contribution >= 0.6 is 0 Å². The number of hydrazone groups is 1. The third-order valence-corrected chi connectivity index (χ3v) is 3.78. The molecule has 28 heavy (non-hydrogen) atoms. The van der Waals surface area contributed by atoms with Gasteiger partial charge in [-0.3, -0.25) is 9.78 Å². The molecule has 1 heterocycles. The summed E-state index contributed by atoms with van der Waals surface area (Å²) in [5, 5.41) is 4.05. The van der Waals surface area contributed by atoms with Crippen LogP contribution in [-0.2, 0) is 6.61 Å². The SMILES string of the molecule is COc1cc(/C=N/Nc2nc(C)cc(=O)[nH]2)ccc1OCc1ccccc1F. The highest BCUT2D eigenvalue weighted by Gasteiger charge is 2.07. The molecule has 0 bridgehead atoms. The number of hydrogen-bond acceptors (Lipinski definition) is 6. The van der Waals surface area contributed by atoms with Crippen molar-refractivity contribution in [1.29, 1.82) is 0 Å². The second-order valence-corrected chi connectivity index (χ2v) is 5.90. The van der Waals surface area contributed by atoms with Crippen LogP contribution in [0.25, 0.3) is 0 Å². The summed E-state index contributed by atoms with van der Waals surface area (Å²) >= 11 is 0. The van der Waals surface area contributed by atoms with Crippen molar-refractivity contribution in [2.75, 3.05) is 12.5 Å². The zero-order valence-corrected chi connectivity index (χ0v) is 15.4. The first-order chi connectivity index (χ1) is 13.5. The van der Waals surface area contributed by atoms with Crippen LogP contribution < -0.4 is 20.5 Å². The third-order valence-electron chi connectivity index (χ3n) is 3.78. The largest absolute Gasteiger partial charge is 0.493 e. The van der Waals surface area contributed by atoms with Crippen LogP contribution in [0.5, 0.6) is 11.5 Å². The molecular weight excluding hydrogens is 363 g/mol. The van der Waals surface area contributed by atoms with Crippen molar-refractivity contribution in [2.24, 2.45) is 5.10 Å². The summed E-state index contributed by atoms with van der Waals surface area (Å²) in [5.74, 6) is 0.903. The Morgan fingerprint density at radius 1 is 1.21 bits per heavy atom. The Hall–Kier alpha value is -3.68. The standard InChI is InChI=1S/C20H19FN4O3/c1-13-9-19(26)24-20(23-13)25-22-11-14-7-8-17(18(10-14)27-2)28-12-15-5-3-4-6-16(15)21/h3-11H,12H2,1-2H3,(H2,23,24,25,26)/b22-11+. The second-order valence-electron chi connectivity index (χ2n) is 5.90. The quantitative estimate of drug-likeness (QED) is 0.484. The summed E-state index contributed by atoms with van der Waals surface area (Å²) in [6, 6.07) is 13.0. The Morgan fingerprint density at radius 3 is 2.79 bits per heavy atom. The molecule has 3 aromatic rings. The van der Waals surface area contributed by atoms with Gasteiger partial charge in [0.15, 0.2) is 11.5 Å². The average molecular weight is 382 g/mol. The zero-order chi connectivity index (χ0) is 19.9. The maximum Gasteiger partial charge on any atom is 0.252 e. The van der Waals surface area contributed by atoms with Crippen LogP contribution in [0.4, 0.5) is 10.3 Å². The molecule has 0 atom stereocenters. The molecule has 2 N–H and O–H groups in total. The van der Waals surface area contributed by atoms with Crippen molar-refractivity contribution < 1.29 is 13.9 Å². The molecule has 0 amide bonds. The fourth-order valence-electron chi connectivity index (χ4n) is 2.45. The molecule has 0 aliphatic carbocycles. The predicted molar refractivity (Wildman–Crippen MR) is 105 cm³/mol. The summed E-state index contributed by atoms with van der Waals surface area (Å²) in [7, 11) is 1.52. The summed E-state index contributed by atoms with van der Waals surface area (Å²) in [6.07, 6.45) is 1.55. The van der Waals surface area contributed by atoms with Crippen LogP contribution in [0.1, 0.15) is 16.8 Å². The van der Waals surface area contributed by atoms with Crippen molar-refractivity contribution in [1.82, 2.24) is 9.97 Å². The number of anilines is 1. The number of ether oxygens (including phenoxy) is 2. The Morgan fingerprint density at radius 2 is 2.04 bits per heavy atom. The van der Waals surface area contributed by atoms with Crippen molar-refractivity contribution in [3.8, 4) is 11.5 Å². The molecule has 0 unspecified atom stereocenters. The van der Waals surface area contributed by atoms with Gasteiger partial charge in [-0.2, -0.15) is 5.10 Å². The van der Waals surface area contributed by atoms with E-state index in [9.17, 15) is 9.18 Å². The topological polar surface area (TPSA) is 88.6 Å². The predicted octanol–water partition coefficient (Wildman–Crippen LogP) is 3.25. The summed E-state index contributed by atoms with van der Waals surface area (Å²) in [4.78, 5) is 18.1. The number of nitrogens with zero attached hydrogens (tertiary/aromatic N) is 2. The Labute approximate surface area is 160 Å². The number of aromatic nitrogens is 2. The number of rotatable bonds is 7. The molecule has 3 rings (SSSR count). The van der Waals surface area contributed by atoms with Gasteiger partial charge in [0, 0.05) is 17.3 Å². The van der Waals surface area contributed by atoms with Gasteiger partial charge >= 0.3 is 0 Å². The van der Waals surface area contributed by atoms with Gasteiger partial charge in [-0.1, -0.05) is 18.2 Å². The number of benzene rings is 2. The summed E-state index contributed by atoms with van der Waals surface area (Å²) < 4.78 is 24.7. The first-order valence-electron chi connectivity index (χ1n) is 8.46. The van der Waals surface area contributed by atoms with E-state index in [4.69, 9.17) is 9.47 Å². The normalized spacial score (nSPS) is 10.8. The van der Waals surface area contributed by atoms with Crippen molar-refractivity contribution >= 4 is 12.2 Å². The van der Waals surface area contributed by atoms with Gasteiger partial charge in [0.1, 0.15) is 12.4 Å². The molecule has 7 nitrogen and oxygen atoms in total. The van der Waals surface area contributed by atoms with E-state index < -0.39 is 0 Å². The van der Waals surface area contributed by atoms with E-state index in [0.29, 0.717) is 22.8 Å². The molecule has 0 radical (unpaired) electrons. The lowest BCUT2D eigenvalue weighted by Crippen LogP contribution is -2.10. The highest BCUT2D eigenvalue weighted by atomic mass is 19.1. The van der Waals surface area contributed by atoms with Gasteiger partial charge < -0.3 is 9.47 Å². The van der Waals surface area contributed by atoms with E-state index in [0.717, 1.165) is 5.56 Å². The molecule has 1 aromatic heterocycles. The zero-order valence-electron chi connectivity index (χ0n) is 15.4. The molecule has 0 saturated heterocycles. The van der Waals surface area contributed by atoms with Crippen molar-refractivity contribution in [3.63, 3.8) is 0 Å². The summed E-state index contributed by atoms with van der Waals surface area (Å²) in [5.41, 5.74) is 4.18. The summed E-state index contributed by atoms with van der Waals surface area (Å²) in [6.45, 7) is 1.81. The molecule has 0 saturated carbocycles. The maximum absolute atomic E-state index is 13.7. The maximum atomic E-state index is 13.7. The fourth-order valence-corrected chi connectivity index (χ4v) is 2.45. The van der Waals surface area contributed by atoms with Crippen LogP contribution in [0.2, 0.25) is 0 Å². The molecule has 0 spiro atoms. The van der Waals surface area contributed by atoms with Crippen LogP contribution in [0.3, 0.4) is 0 Å². The number of aryl methyl sites for hydroxylation is 1. The van der Waals surface area contributed by atoms with E-state index in [1.165, 1.54) is 19.2 Å². The number of hydrogen-bond donors (Lipinski definition) is 2. The number of H-pyrrole nitrogens is 1. The van der Waals surface area contributed by atoms with Gasteiger partial charge in [-0.15, -0.1) is 0 Å². The van der Waals surface area contributed by atoms with Crippen molar-refractivity contribution in [3.05, 3.63) is 81.5 Å². The first-order valence-corrected chi connectivity index (χ1v) is 8.46. The lowest BCUT2D eigenvalue weighted by molar-refractivity contribution is 0.279. The van der Waals surface area contributed by atoms with Gasteiger partial charge in [0.05, 0.1) is 13.3 Å². The Bertz CT molecular complexity index is 1050. The van der Waals surface area contributed by atoms with E-state index in [1.54, 1.807) is 49.5 Å². The van der Waals surface area contributed by atoms with Crippen LogP contribution in [0, 0.1) is 12.7 Å². The molecule has 144 valence electrons. The molecular formula is C20H19FN4O3. The van der Waals surface area contributed by atoms with Gasteiger partial charge in [0.25, 0.3) is 5.56 Å². The molecule has 0 fully saturated rings. The van der Waals surface area contributed by atoms with Gasteiger partial charge in [0.2, 0.25) is 5.95 Å². The monoisotopic (exact) mass is 382 g/mol. The number of aromatic amines is 1. The fraction of sp³-hybridized carbons (Fsp3) is 0.150. The average Bonchev–Trinajstić information content (AvgIpc) is 2.67. The highest BCUT2D eigenvalue weighted by molar-refractivity contribution is 5.81. The van der Waals surface area contributed by atoms with E-state index in [2.05, 4.69) is 20.5 Å². The Balaban J connectivity index is 1.68. The van der Waals surface area contributed by atoms with Gasteiger partial charge in [-0.05, 0) is 36.8 Å². The lowest BCUT2D eigenvalue weighted by atomic mass is 10.2.